The lowest BCUT2D eigenvalue weighted by Crippen LogP contribution is -2.34. The van der Waals surface area contributed by atoms with Gasteiger partial charge in [0.05, 0.1) is 0 Å². The number of benzene rings is 1. The predicted molar refractivity (Wildman–Crippen MR) is 53.5 cm³/mol. The van der Waals surface area contributed by atoms with Crippen molar-refractivity contribution in [2.75, 3.05) is 0 Å². The molecule has 1 rings (SSSR count). The number of primary amides is 1. The molecule has 18 heavy (non-hydrogen) atoms. The maximum absolute atomic E-state index is 13.3. The normalized spacial score (nSPS) is 14.0. The zero-order valence-electron chi connectivity index (χ0n) is 8.80. The summed E-state index contributed by atoms with van der Waals surface area (Å²) in [6.07, 6.45) is -4.01. The molecule has 98 valence electrons. The number of carboxylic acids is 1. The first-order valence-electron chi connectivity index (χ1n) is 4.63. The molecular formula is C10H9F2NO5. The number of nitrogens with two attached hydrogens (primary N) is 1. The maximum atomic E-state index is 13.3. The van der Waals surface area contributed by atoms with Gasteiger partial charge in [-0.1, -0.05) is 0 Å². The molecule has 0 fully saturated rings. The van der Waals surface area contributed by atoms with Crippen LogP contribution >= 0.6 is 0 Å². The molecule has 0 aliphatic rings. The molecule has 0 saturated heterocycles. The molecule has 1 aromatic rings. The summed E-state index contributed by atoms with van der Waals surface area (Å²) in [5, 5.41) is 27.0. The fraction of sp³-hybridized carbons (Fsp3) is 0.200. The Bertz CT molecular complexity index is 482. The Morgan fingerprint density at radius 1 is 1.17 bits per heavy atom. The van der Waals surface area contributed by atoms with E-state index < -0.39 is 46.8 Å². The van der Waals surface area contributed by atoms with Crippen molar-refractivity contribution in [2.24, 2.45) is 5.73 Å². The van der Waals surface area contributed by atoms with Crippen LogP contribution in [0.3, 0.4) is 0 Å². The van der Waals surface area contributed by atoms with Gasteiger partial charge in [-0.2, -0.15) is 0 Å². The van der Waals surface area contributed by atoms with Gasteiger partial charge in [-0.15, -0.1) is 0 Å². The number of halogens is 2. The Morgan fingerprint density at radius 3 is 1.94 bits per heavy atom. The third-order valence-corrected chi connectivity index (χ3v) is 2.21. The molecule has 0 saturated carbocycles. The van der Waals surface area contributed by atoms with Crippen LogP contribution in [0.1, 0.15) is 22.0 Å². The Labute approximate surface area is 99.3 Å². The van der Waals surface area contributed by atoms with Crippen molar-refractivity contribution in [1.82, 2.24) is 0 Å². The van der Waals surface area contributed by atoms with E-state index in [0.717, 1.165) is 0 Å². The zero-order chi connectivity index (χ0) is 14.0. The van der Waals surface area contributed by atoms with Crippen LogP contribution in [0.4, 0.5) is 8.78 Å². The Balaban J connectivity index is 3.22. The summed E-state index contributed by atoms with van der Waals surface area (Å²) in [6, 6.07) is 1.01. The molecule has 0 aliphatic carbocycles. The molecule has 0 aromatic heterocycles. The summed E-state index contributed by atoms with van der Waals surface area (Å²) in [5.41, 5.74) is 3.00. The van der Waals surface area contributed by atoms with Gasteiger partial charge in [0, 0.05) is 0 Å². The number of hydrogen-bond donors (Lipinski definition) is 4. The van der Waals surface area contributed by atoms with Crippen molar-refractivity contribution >= 4 is 11.9 Å². The molecule has 2 atom stereocenters. The van der Waals surface area contributed by atoms with E-state index in [-0.39, 0.29) is 0 Å². The number of carboxylic acid groups (broad SMARTS) is 1. The summed E-state index contributed by atoms with van der Waals surface area (Å²) in [7, 11) is 0. The van der Waals surface area contributed by atoms with E-state index in [0.29, 0.717) is 12.1 Å². The smallest absolute Gasteiger partial charge is 0.341 e. The average molecular weight is 261 g/mol. The van der Waals surface area contributed by atoms with Gasteiger partial charge in [-0.25, -0.2) is 13.6 Å². The Kier molecular flexibility index (Phi) is 3.94. The summed E-state index contributed by atoms with van der Waals surface area (Å²) >= 11 is 0. The quantitative estimate of drug-likeness (QED) is 0.584. The van der Waals surface area contributed by atoms with Crippen molar-refractivity contribution in [3.63, 3.8) is 0 Å². The molecule has 0 bridgehead atoms. The second-order valence-corrected chi connectivity index (χ2v) is 3.46. The van der Waals surface area contributed by atoms with E-state index in [9.17, 15) is 23.5 Å². The number of aliphatic hydroxyl groups is 2. The highest BCUT2D eigenvalue weighted by atomic mass is 19.1. The van der Waals surface area contributed by atoms with Gasteiger partial charge < -0.3 is 21.1 Å². The minimum Gasteiger partial charge on any atom is -0.477 e. The van der Waals surface area contributed by atoms with Crippen molar-refractivity contribution in [3.05, 3.63) is 34.9 Å². The maximum Gasteiger partial charge on any atom is 0.341 e. The summed E-state index contributed by atoms with van der Waals surface area (Å²) in [5.74, 6) is -5.98. The van der Waals surface area contributed by atoms with Crippen LogP contribution in [0.2, 0.25) is 0 Å². The number of carbonyl (C=O) groups excluding carboxylic acids is 1. The van der Waals surface area contributed by atoms with E-state index in [1.807, 2.05) is 0 Å². The molecule has 2 unspecified atom stereocenters. The standard InChI is InChI=1S/C10H9F2NO5/c11-4-1-3(7(14)8(15)9(13)16)2-5(12)6(4)10(17)18/h1-2,7-8,14-15H,(H2,13,16)(H,17,18). The summed E-state index contributed by atoms with van der Waals surface area (Å²) in [4.78, 5) is 21.1. The first-order chi connectivity index (χ1) is 8.25. The number of aliphatic hydroxyl groups excluding tert-OH is 2. The highest BCUT2D eigenvalue weighted by molar-refractivity contribution is 5.88. The van der Waals surface area contributed by atoms with E-state index in [1.165, 1.54) is 0 Å². The first kappa shape index (κ1) is 14.0. The van der Waals surface area contributed by atoms with Crippen molar-refractivity contribution < 1.29 is 33.7 Å². The SMILES string of the molecule is NC(=O)C(O)C(O)c1cc(F)c(C(=O)O)c(F)c1. The topological polar surface area (TPSA) is 121 Å². The summed E-state index contributed by atoms with van der Waals surface area (Å²) in [6.45, 7) is 0. The van der Waals surface area contributed by atoms with Crippen LogP contribution in [0.15, 0.2) is 12.1 Å². The third kappa shape index (κ3) is 2.60. The number of aromatic carboxylic acids is 1. The fourth-order valence-electron chi connectivity index (χ4n) is 1.31. The molecule has 0 aliphatic heterocycles. The molecular weight excluding hydrogens is 252 g/mol. The van der Waals surface area contributed by atoms with Crippen LogP contribution in [0, 0.1) is 11.6 Å². The van der Waals surface area contributed by atoms with Crippen LogP contribution in [-0.4, -0.2) is 33.3 Å². The molecule has 6 nitrogen and oxygen atoms in total. The number of amides is 1. The zero-order valence-corrected chi connectivity index (χ0v) is 8.80. The van der Waals surface area contributed by atoms with Gasteiger partial charge in [-0.05, 0) is 17.7 Å². The first-order valence-corrected chi connectivity index (χ1v) is 4.63. The van der Waals surface area contributed by atoms with Gasteiger partial charge in [0.1, 0.15) is 23.3 Å². The fourth-order valence-corrected chi connectivity index (χ4v) is 1.31. The van der Waals surface area contributed by atoms with E-state index in [1.54, 1.807) is 0 Å². The van der Waals surface area contributed by atoms with Crippen LogP contribution in [0.25, 0.3) is 0 Å². The minimum atomic E-state index is -2.06. The lowest BCUT2D eigenvalue weighted by molar-refractivity contribution is -0.132. The Hall–Kier alpha value is -2.06. The van der Waals surface area contributed by atoms with Crippen LogP contribution < -0.4 is 5.73 Å². The lowest BCUT2D eigenvalue weighted by atomic mass is 10.0. The molecule has 0 radical (unpaired) electrons. The van der Waals surface area contributed by atoms with E-state index >= 15 is 0 Å². The molecule has 0 heterocycles. The summed E-state index contributed by atoms with van der Waals surface area (Å²) < 4.78 is 26.5. The molecule has 5 N–H and O–H groups in total. The predicted octanol–water partition coefficient (Wildman–Crippen LogP) is -0.457. The second kappa shape index (κ2) is 5.07. The van der Waals surface area contributed by atoms with E-state index in [4.69, 9.17) is 15.9 Å². The van der Waals surface area contributed by atoms with Gasteiger partial charge in [-0.3, -0.25) is 4.79 Å². The van der Waals surface area contributed by atoms with Gasteiger partial charge >= 0.3 is 5.97 Å². The number of rotatable bonds is 4. The minimum absolute atomic E-state index is 0.499. The van der Waals surface area contributed by atoms with Gasteiger partial charge in [0.25, 0.3) is 0 Å². The molecule has 1 amide bonds. The molecule has 0 spiro atoms. The number of hydrogen-bond acceptors (Lipinski definition) is 4. The highest BCUT2D eigenvalue weighted by Crippen LogP contribution is 2.22. The average Bonchev–Trinajstić information content (AvgIpc) is 2.25. The lowest BCUT2D eigenvalue weighted by Gasteiger charge is -2.15. The highest BCUT2D eigenvalue weighted by Gasteiger charge is 2.26. The van der Waals surface area contributed by atoms with E-state index in [2.05, 4.69) is 0 Å². The molecule has 1 aromatic carbocycles. The van der Waals surface area contributed by atoms with Crippen molar-refractivity contribution in [3.8, 4) is 0 Å². The van der Waals surface area contributed by atoms with Crippen LogP contribution in [0.5, 0.6) is 0 Å². The van der Waals surface area contributed by atoms with Gasteiger partial charge in [0.2, 0.25) is 5.91 Å². The second-order valence-electron chi connectivity index (χ2n) is 3.46. The third-order valence-electron chi connectivity index (χ3n) is 2.21. The van der Waals surface area contributed by atoms with Crippen molar-refractivity contribution in [2.45, 2.75) is 12.2 Å². The molecule has 8 heteroatoms. The number of carbonyl (C=O) groups is 2. The largest absolute Gasteiger partial charge is 0.477 e. The Morgan fingerprint density at radius 2 is 1.61 bits per heavy atom. The van der Waals surface area contributed by atoms with Crippen LogP contribution in [-0.2, 0) is 4.79 Å². The monoisotopic (exact) mass is 261 g/mol. The van der Waals surface area contributed by atoms with Crippen molar-refractivity contribution in [1.29, 1.82) is 0 Å². The van der Waals surface area contributed by atoms with Gasteiger partial charge in [0.15, 0.2) is 6.10 Å².